The molecule has 106 valence electrons. The zero-order valence-electron chi connectivity index (χ0n) is 11.3. The lowest BCUT2D eigenvalue weighted by molar-refractivity contribution is -0.140. The molecule has 0 radical (unpaired) electrons. The zero-order valence-corrected chi connectivity index (χ0v) is 12.9. The molecular weight excluding hydrogens is 310 g/mol. The maximum Gasteiger partial charge on any atom is 0.320 e. The Bertz CT molecular complexity index is 473. The Morgan fingerprint density at radius 3 is 2.89 bits per heavy atom. The van der Waals surface area contributed by atoms with Crippen molar-refractivity contribution in [3.8, 4) is 0 Å². The van der Waals surface area contributed by atoms with Crippen LogP contribution in [0.3, 0.4) is 0 Å². The van der Waals surface area contributed by atoms with Gasteiger partial charge in [-0.05, 0) is 41.6 Å². The van der Waals surface area contributed by atoms with E-state index in [0.717, 1.165) is 48.0 Å². The van der Waals surface area contributed by atoms with Crippen molar-refractivity contribution in [2.75, 3.05) is 0 Å². The van der Waals surface area contributed by atoms with Gasteiger partial charge in [0.1, 0.15) is 6.04 Å². The summed E-state index contributed by atoms with van der Waals surface area (Å²) in [5.74, 6) is -0.747. The largest absolute Gasteiger partial charge is 0.480 e. The van der Waals surface area contributed by atoms with E-state index in [0.29, 0.717) is 0 Å². The topological polar surface area (TPSA) is 67.2 Å². The van der Waals surface area contributed by atoms with Gasteiger partial charge in [-0.25, -0.2) is 0 Å². The van der Waals surface area contributed by atoms with Gasteiger partial charge < -0.3 is 10.4 Å². The fourth-order valence-electron chi connectivity index (χ4n) is 2.65. The number of hydrogen-bond acceptors (Lipinski definition) is 3. The van der Waals surface area contributed by atoms with Crippen LogP contribution in [0.4, 0.5) is 0 Å². The molecule has 5 nitrogen and oxygen atoms in total. The molecule has 2 unspecified atom stereocenters. The molecule has 1 aliphatic heterocycles. The SMILES string of the molecule is CCc1nn(C)c(CC2CCCC(C(=O)O)N2)c1Br. The molecule has 2 rings (SSSR count). The van der Waals surface area contributed by atoms with Gasteiger partial charge in [0, 0.05) is 19.5 Å². The van der Waals surface area contributed by atoms with E-state index in [2.05, 4.69) is 33.3 Å². The van der Waals surface area contributed by atoms with E-state index in [1.165, 1.54) is 0 Å². The number of piperidine rings is 1. The van der Waals surface area contributed by atoms with E-state index >= 15 is 0 Å². The van der Waals surface area contributed by atoms with Crippen molar-refractivity contribution in [3.63, 3.8) is 0 Å². The minimum absolute atomic E-state index is 0.214. The number of aliphatic carboxylic acids is 1. The summed E-state index contributed by atoms with van der Waals surface area (Å²) in [6.45, 7) is 2.08. The number of rotatable bonds is 4. The van der Waals surface area contributed by atoms with Crippen molar-refractivity contribution in [3.05, 3.63) is 15.9 Å². The van der Waals surface area contributed by atoms with E-state index in [1.807, 2.05) is 11.7 Å². The predicted octanol–water partition coefficient (Wildman–Crippen LogP) is 1.88. The van der Waals surface area contributed by atoms with Crippen LogP contribution in [0.25, 0.3) is 0 Å². The highest BCUT2D eigenvalue weighted by Gasteiger charge is 2.27. The lowest BCUT2D eigenvalue weighted by atomic mass is 9.95. The Kier molecular flexibility index (Phi) is 4.62. The minimum atomic E-state index is -0.747. The molecule has 1 aromatic heterocycles. The van der Waals surface area contributed by atoms with Crippen LogP contribution in [0, 0.1) is 0 Å². The van der Waals surface area contributed by atoms with Crippen LogP contribution in [-0.4, -0.2) is 32.9 Å². The smallest absolute Gasteiger partial charge is 0.320 e. The number of aromatic nitrogens is 2. The summed E-state index contributed by atoms with van der Waals surface area (Å²) >= 11 is 3.61. The Morgan fingerprint density at radius 1 is 1.58 bits per heavy atom. The third-order valence-electron chi connectivity index (χ3n) is 3.72. The molecule has 0 spiro atoms. The van der Waals surface area contributed by atoms with Crippen LogP contribution in [0.15, 0.2) is 4.47 Å². The number of carboxylic acid groups (broad SMARTS) is 1. The summed E-state index contributed by atoms with van der Waals surface area (Å²) in [6, 6.07) is -0.192. The van der Waals surface area contributed by atoms with Gasteiger partial charge >= 0.3 is 5.97 Å². The Hall–Kier alpha value is -0.880. The molecule has 0 aromatic carbocycles. The van der Waals surface area contributed by atoms with Crippen molar-refractivity contribution in [1.82, 2.24) is 15.1 Å². The van der Waals surface area contributed by atoms with Crippen molar-refractivity contribution >= 4 is 21.9 Å². The normalized spacial score (nSPS) is 23.5. The van der Waals surface area contributed by atoms with Crippen molar-refractivity contribution in [2.24, 2.45) is 7.05 Å². The van der Waals surface area contributed by atoms with Crippen molar-refractivity contribution in [2.45, 2.75) is 51.1 Å². The number of halogens is 1. The lowest BCUT2D eigenvalue weighted by Gasteiger charge is -2.28. The first-order valence-corrected chi connectivity index (χ1v) is 7.51. The van der Waals surface area contributed by atoms with E-state index in [9.17, 15) is 4.79 Å². The molecule has 19 heavy (non-hydrogen) atoms. The molecule has 1 aliphatic rings. The van der Waals surface area contributed by atoms with E-state index < -0.39 is 12.0 Å². The molecule has 6 heteroatoms. The molecule has 0 aliphatic carbocycles. The molecule has 2 heterocycles. The van der Waals surface area contributed by atoms with Gasteiger partial charge in [-0.15, -0.1) is 0 Å². The molecule has 2 atom stereocenters. The quantitative estimate of drug-likeness (QED) is 0.885. The van der Waals surface area contributed by atoms with Crippen LogP contribution in [0.1, 0.15) is 37.6 Å². The highest BCUT2D eigenvalue weighted by molar-refractivity contribution is 9.10. The van der Waals surface area contributed by atoms with Crippen LogP contribution >= 0.6 is 15.9 Å². The standard InChI is InChI=1S/C13H20BrN3O2/c1-3-9-12(14)11(17(2)16-9)7-8-5-4-6-10(15-8)13(18)19/h8,10,15H,3-7H2,1-2H3,(H,18,19). The first-order valence-electron chi connectivity index (χ1n) is 6.72. The number of carbonyl (C=O) groups is 1. The number of aryl methyl sites for hydroxylation is 2. The second-order valence-corrected chi connectivity index (χ2v) is 5.87. The lowest BCUT2D eigenvalue weighted by Crippen LogP contribution is -2.47. The molecule has 0 saturated carbocycles. The van der Waals surface area contributed by atoms with Crippen molar-refractivity contribution < 1.29 is 9.90 Å². The van der Waals surface area contributed by atoms with Crippen LogP contribution < -0.4 is 5.32 Å². The van der Waals surface area contributed by atoms with Crippen LogP contribution in [0.2, 0.25) is 0 Å². The molecule has 1 saturated heterocycles. The summed E-state index contributed by atoms with van der Waals surface area (Å²) in [5.41, 5.74) is 2.20. The maximum atomic E-state index is 11.0. The van der Waals surface area contributed by atoms with Gasteiger partial charge in [0.2, 0.25) is 0 Å². The predicted molar refractivity (Wildman–Crippen MR) is 76.2 cm³/mol. The number of nitrogens with one attached hydrogen (secondary N) is 1. The van der Waals surface area contributed by atoms with Crippen LogP contribution in [0.5, 0.6) is 0 Å². The summed E-state index contributed by atoms with van der Waals surface area (Å²) in [6.07, 6.45) is 4.41. The second kappa shape index (κ2) is 6.05. The van der Waals surface area contributed by atoms with Gasteiger partial charge in [0.15, 0.2) is 0 Å². The minimum Gasteiger partial charge on any atom is -0.480 e. The second-order valence-electron chi connectivity index (χ2n) is 5.07. The van der Waals surface area contributed by atoms with Gasteiger partial charge in [-0.2, -0.15) is 5.10 Å². The van der Waals surface area contributed by atoms with E-state index in [4.69, 9.17) is 5.11 Å². The van der Waals surface area contributed by atoms with Crippen LogP contribution in [-0.2, 0) is 24.7 Å². The average Bonchev–Trinajstić information content (AvgIpc) is 2.66. The first-order chi connectivity index (χ1) is 9.02. The summed E-state index contributed by atoms with van der Waals surface area (Å²) in [5, 5.41) is 16.8. The molecule has 1 fully saturated rings. The molecule has 0 bridgehead atoms. The third-order valence-corrected chi connectivity index (χ3v) is 4.64. The van der Waals surface area contributed by atoms with Crippen molar-refractivity contribution in [1.29, 1.82) is 0 Å². The highest BCUT2D eigenvalue weighted by atomic mass is 79.9. The summed E-state index contributed by atoms with van der Waals surface area (Å²) in [4.78, 5) is 11.0. The Labute approximate surface area is 121 Å². The number of hydrogen-bond donors (Lipinski definition) is 2. The van der Waals surface area contributed by atoms with Gasteiger partial charge in [-0.3, -0.25) is 9.48 Å². The molecule has 2 N–H and O–H groups in total. The Balaban J connectivity index is 2.08. The first kappa shape index (κ1) is 14.5. The van der Waals surface area contributed by atoms with Gasteiger partial charge in [-0.1, -0.05) is 6.92 Å². The fraction of sp³-hybridized carbons (Fsp3) is 0.692. The highest BCUT2D eigenvalue weighted by Crippen LogP contribution is 2.25. The molecule has 1 aromatic rings. The molecular formula is C13H20BrN3O2. The average molecular weight is 330 g/mol. The molecule has 0 amide bonds. The summed E-state index contributed by atoms with van der Waals surface area (Å²) in [7, 11) is 1.94. The summed E-state index contributed by atoms with van der Waals surface area (Å²) < 4.78 is 2.96. The van der Waals surface area contributed by atoms with E-state index in [-0.39, 0.29) is 6.04 Å². The Morgan fingerprint density at radius 2 is 2.32 bits per heavy atom. The van der Waals surface area contributed by atoms with Gasteiger partial charge in [0.25, 0.3) is 0 Å². The fourth-order valence-corrected chi connectivity index (χ4v) is 3.43. The monoisotopic (exact) mass is 329 g/mol. The third kappa shape index (κ3) is 3.17. The number of nitrogens with zero attached hydrogens (tertiary/aromatic N) is 2. The zero-order chi connectivity index (χ0) is 14.0. The van der Waals surface area contributed by atoms with E-state index in [1.54, 1.807) is 0 Å². The maximum absolute atomic E-state index is 11.0. The number of carboxylic acids is 1. The van der Waals surface area contributed by atoms with Gasteiger partial charge in [0.05, 0.1) is 15.9 Å².